The van der Waals surface area contributed by atoms with Crippen LogP contribution in [-0.2, 0) is 24.8 Å². The van der Waals surface area contributed by atoms with Crippen LogP contribution in [0, 0.1) is 0 Å². The van der Waals surface area contributed by atoms with Crippen LogP contribution in [0.4, 0.5) is 5.00 Å². The highest BCUT2D eigenvalue weighted by Gasteiger charge is 2.18. The van der Waals surface area contributed by atoms with Crippen molar-refractivity contribution in [2.24, 2.45) is 7.05 Å². The number of aromatic nitrogens is 2. The van der Waals surface area contributed by atoms with Crippen LogP contribution >= 0.6 is 23.6 Å². The smallest absolute Gasteiger partial charge is 0.340 e. The zero-order valence-corrected chi connectivity index (χ0v) is 16.7. The first-order valence-corrected chi connectivity index (χ1v) is 9.56. The van der Waals surface area contributed by atoms with Gasteiger partial charge in [-0.25, -0.2) is 4.79 Å². The Morgan fingerprint density at radius 2 is 2.07 bits per heavy atom. The highest BCUT2D eigenvalue weighted by atomic mass is 32.1. The molecule has 0 amide bonds. The molecule has 0 aliphatic carbocycles. The van der Waals surface area contributed by atoms with E-state index in [9.17, 15) is 4.79 Å². The molecule has 0 spiro atoms. The third kappa shape index (κ3) is 5.15. The number of carbonyl (C=O) groups is 1. The molecule has 0 aliphatic rings. The van der Waals surface area contributed by atoms with Gasteiger partial charge in [-0.2, -0.15) is 5.10 Å². The summed E-state index contributed by atoms with van der Waals surface area (Å²) in [4.78, 5) is 13.2. The molecular weight excluding hydrogens is 380 g/mol. The van der Waals surface area contributed by atoms with Crippen LogP contribution in [0.2, 0.25) is 0 Å². The van der Waals surface area contributed by atoms with Gasteiger partial charge in [0.15, 0.2) is 5.11 Å². The number of hydrogen-bond acceptors (Lipinski definition) is 5. The number of rotatable bonds is 6. The second-order valence-corrected chi connectivity index (χ2v) is 7.44. The van der Waals surface area contributed by atoms with E-state index in [2.05, 4.69) is 27.9 Å². The Kier molecular flexibility index (Phi) is 6.20. The lowest BCUT2D eigenvalue weighted by molar-refractivity contribution is 0.0602. The van der Waals surface area contributed by atoms with Gasteiger partial charge in [0.05, 0.1) is 24.9 Å². The molecule has 0 atom stereocenters. The van der Waals surface area contributed by atoms with Crippen molar-refractivity contribution in [1.82, 2.24) is 15.1 Å². The normalized spacial score (nSPS) is 10.4. The topological polar surface area (TPSA) is 68.2 Å². The number of nitrogens with zero attached hydrogens (tertiary/aromatic N) is 2. The molecule has 6 nitrogen and oxygen atoms in total. The van der Waals surface area contributed by atoms with Crippen molar-refractivity contribution >= 4 is 39.6 Å². The average molecular weight is 401 g/mol. The lowest BCUT2D eigenvalue weighted by Gasteiger charge is -2.09. The number of esters is 1. The Hall–Kier alpha value is -2.71. The molecule has 140 valence electrons. The number of thiocarbonyl (C=S) groups is 1. The molecule has 0 bridgehead atoms. The maximum atomic E-state index is 12.1. The molecule has 0 fully saturated rings. The maximum absolute atomic E-state index is 12.1. The number of ether oxygens (including phenoxy) is 1. The van der Waals surface area contributed by atoms with Crippen LogP contribution in [-0.4, -0.2) is 28.0 Å². The van der Waals surface area contributed by atoms with Crippen molar-refractivity contribution in [1.29, 1.82) is 0 Å². The molecule has 1 aromatic carbocycles. The minimum atomic E-state index is -0.388. The lowest BCUT2D eigenvalue weighted by atomic mass is 10.1. The summed E-state index contributed by atoms with van der Waals surface area (Å²) in [6, 6.07) is 13.9. The monoisotopic (exact) mass is 400 g/mol. The summed E-state index contributed by atoms with van der Waals surface area (Å²) in [6.07, 6.45) is 2.61. The summed E-state index contributed by atoms with van der Waals surface area (Å²) < 4.78 is 6.64. The predicted molar refractivity (Wildman–Crippen MR) is 111 cm³/mol. The largest absolute Gasteiger partial charge is 0.465 e. The summed E-state index contributed by atoms with van der Waals surface area (Å²) in [5.74, 6) is -0.388. The van der Waals surface area contributed by atoms with Gasteiger partial charge in [0.1, 0.15) is 5.00 Å². The number of aryl methyl sites for hydroxylation is 1. The van der Waals surface area contributed by atoms with Crippen LogP contribution in [0.3, 0.4) is 0 Å². The van der Waals surface area contributed by atoms with E-state index in [-0.39, 0.29) is 5.97 Å². The van der Waals surface area contributed by atoms with Crippen molar-refractivity contribution in [3.05, 3.63) is 70.4 Å². The summed E-state index contributed by atoms with van der Waals surface area (Å²) >= 11 is 6.85. The van der Waals surface area contributed by atoms with Crippen LogP contribution in [0.15, 0.2) is 48.7 Å². The highest BCUT2D eigenvalue weighted by Crippen LogP contribution is 2.30. The van der Waals surface area contributed by atoms with E-state index in [1.807, 2.05) is 43.6 Å². The molecule has 0 unspecified atom stereocenters. The lowest BCUT2D eigenvalue weighted by Crippen LogP contribution is -2.28. The summed E-state index contributed by atoms with van der Waals surface area (Å²) in [6.45, 7) is 0.502. The van der Waals surface area contributed by atoms with Crippen molar-refractivity contribution in [2.45, 2.75) is 13.0 Å². The van der Waals surface area contributed by atoms with Gasteiger partial charge in [-0.1, -0.05) is 30.3 Å². The predicted octanol–water partition coefficient (Wildman–Crippen LogP) is 3.35. The number of benzene rings is 1. The summed E-state index contributed by atoms with van der Waals surface area (Å²) in [7, 11) is 3.24. The van der Waals surface area contributed by atoms with Gasteiger partial charge in [-0.3, -0.25) is 4.68 Å². The fraction of sp³-hybridized carbons (Fsp3) is 0.211. The van der Waals surface area contributed by atoms with Gasteiger partial charge in [-0.05, 0) is 29.9 Å². The van der Waals surface area contributed by atoms with Gasteiger partial charge in [0.25, 0.3) is 0 Å². The minimum Gasteiger partial charge on any atom is -0.465 e. The number of methoxy groups -OCH3 is 1. The van der Waals surface area contributed by atoms with Crippen LogP contribution in [0.1, 0.15) is 26.5 Å². The zero-order valence-electron chi connectivity index (χ0n) is 15.1. The molecule has 2 aromatic heterocycles. The van der Waals surface area contributed by atoms with Gasteiger partial charge in [-0.15, -0.1) is 11.3 Å². The molecule has 8 heteroatoms. The highest BCUT2D eigenvalue weighted by molar-refractivity contribution is 7.80. The molecule has 27 heavy (non-hydrogen) atoms. The van der Waals surface area contributed by atoms with Gasteiger partial charge >= 0.3 is 5.97 Å². The Balaban J connectivity index is 1.70. The number of nitrogens with one attached hydrogen (secondary N) is 2. The second-order valence-electron chi connectivity index (χ2n) is 5.90. The first kappa shape index (κ1) is 19.1. The standard InChI is InChI=1S/C19H20N4O2S2/c1-23-9-8-14(22-23)12-20-19(26)21-17-16(18(24)25-2)11-15(27-17)10-13-6-4-3-5-7-13/h3-9,11H,10,12H2,1-2H3,(H2,20,21,26). The number of carbonyl (C=O) groups excluding carboxylic acids is 1. The van der Waals surface area contributed by atoms with E-state index in [0.717, 1.165) is 17.0 Å². The van der Waals surface area contributed by atoms with Crippen molar-refractivity contribution in [3.8, 4) is 0 Å². The second kappa shape index (κ2) is 8.79. The summed E-state index contributed by atoms with van der Waals surface area (Å²) in [5.41, 5.74) is 2.54. The van der Waals surface area contributed by atoms with E-state index >= 15 is 0 Å². The molecule has 0 aliphatic heterocycles. The molecule has 2 heterocycles. The Bertz CT molecular complexity index is 934. The van der Waals surface area contributed by atoms with Crippen molar-refractivity contribution < 1.29 is 9.53 Å². The van der Waals surface area contributed by atoms with Gasteiger partial charge < -0.3 is 15.4 Å². The zero-order chi connectivity index (χ0) is 19.2. The number of thiophene rings is 1. The third-order valence-electron chi connectivity index (χ3n) is 3.84. The molecule has 0 saturated heterocycles. The minimum absolute atomic E-state index is 0.388. The number of hydrogen-bond donors (Lipinski definition) is 2. The number of anilines is 1. The van der Waals surface area contributed by atoms with E-state index in [4.69, 9.17) is 17.0 Å². The first-order chi connectivity index (χ1) is 13.0. The Morgan fingerprint density at radius 1 is 1.30 bits per heavy atom. The first-order valence-electron chi connectivity index (χ1n) is 8.33. The summed E-state index contributed by atoms with van der Waals surface area (Å²) in [5, 5.41) is 11.6. The molecule has 0 radical (unpaired) electrons. The van der Waals surface area contributed by atoms with Gasteiger partial charge in [0, 0.05) is 24.5 Å². The molecule has 2 N–H and O–H groups in total. The Morgan fingerprint density at radius 3 is 2.74 bits per heavy atom. The van der Waals surface area contributed by atoms with E-state index in [1.54, 1.807) is 4.68 Å². The van der Waals surface area contributed by atoms with Crippen molar-refractivity contribution in [3.63, 3.8) is 0 Å². The van der Waals surface area contributed by atoms with Crippen LogP contribution in [0.5, 0.6) is 0 Å². The SMILES string of the molecule is COC(=O)c1cc(Cc2ccccc2)sc1NC(=S)NCc1ccn(C)n1. The Labute approximate surface area is 167 Å². The molecule has 3 rings (SSSR count). The van der Waals surface area contributed by atoms with Crippen molar-refractivity contribution in [2.75, 3.05) is 12.4 Å². The molecule has 3 aromatic rings. The van der Waals surface area contributed by atoms with Crippen LogP contribution < -0.4 is 10.6 Å². The average Bonchev–Trinajstić information content (AvgIpc) is 3.26. The van der Waals surface area contributed by atoms with Crippen LogP contribution in [0.25, 0.3) is 0 Å². The van der Waals surface area contributed by atoms with E-state index in [0.29, 0.717) is 22.2 Å². The van der Waals surface area contributed by atoms with E-state index in [1.165, 1.54) is 24.0 Å². The van der Waals surface area contributed by atoms with E-state index < -0.39 is 0 Å². The maximum Gasteiger partial charge on any atom is 0.340 e. The third-order valence-corrected chi connectivity index (χ3v) is 5.13. The molecule has 0 saturated carbocycles. The fourth-order valence-electron chi connectivity index (χ4n) is 2.56. The fourth-order valence-corrected chi connectivity index (χ4v) is 3.88. The molecular formula is C19H20N4O2S2. The van der Waals surface area contributed by atoms with Gasteiger partial charge in [0.2, 0.25) is 0 Å². The quantitative estimate of drug-likeness (QED) is 0.489.